The van der Waals surface area contributed by atoms with Crippen LogP contribution >= 0.6 is 11.5 Å². The molecule has 1 aliphatic heterocycles. The molecule has 16 heavy (non-hydrogen) atoms. The van der Waals surface area contributed by atoms with E-state index in [4.69, 9.17) is 0 Å². The van der Waals surface area contributed by atoms with Crippen LogP contribution in [0, 0.1) is 6.92 Å². The largest absolute Gasteiger partial charge is 0.306 e. The molecule has 88 valence electrons. The Hall–Kier alpha value is -1.01. The maximum atomic E-state index is 11.9. The first kappa shape index (κ1) is 11.5. The first-order chi connectivity index (χ1) is 7.75. The van der Waals surface area contributed by atoms with Crippen molar-refractivity contribution in [2.75, 3.05) is 11.9 Å². The van der Waals surface area contributed by atoms with Crippen molar-refractivity contribution in [1.82, 2.24) is 14.7 Å². The van der Waals surface area contributed by atoms with Crippen LogP contribution in [0.2, 0.25) is 0 Å². The molecule has 0 aromatic carbocycles. The predicted octanol–water partition coefficient (Wildman–Crippen LogP) is 1.32. The minimum atomic E-state index is -0.0771. The summed E-state index contributed by atoms with van der Waals surface area (Å²) < 4.78 is 4.03. The number of amides is 1. The van der Waals surface area contributed by atoms with E-state index in [9.17, 15) is 4.79 Å². The van der Waals surface area contributed by atoms with Crippen molar-refractivity contribution in [2.45, 2.75) is 38.6 Å². The van der Waals surface area contributed by atoms with Crippen molar-refractivity contribution in [2.24, 2.45) is 0 Å². The number of aryl methyl sites for hydroxylation is 1. The van der Waals surface area contributed by atoms with Crippen LogP contribution in [-0.4, -0.2) is 27.9 Å². The Morgan fingerprint density at radius 1 is 1.50 bits per heavy atom. The van der Waals surface area contributed by atoms with Crippen molar-refractivity contribution < 1.29 is 4.79 Å². The molecule has 0 radical (unpaired) electrons. The predicted molar refractivity (Wildman–Crippen MR) is 63.5 cm³/mol. The zero-order valence-corrected chi connectivity index (χ0v) is 10.1. The van der Waals surface area contributed by atoms with Crippen molar-refractivity contribution in [3.05, 3.63) is 5.82 Å². The van der Waals surface area contributed by atoms with Gasteiger partial charge in [0.2, 0.25) is 11.0 Å². The number of aromatic nitrogens is 2. The molecule has 1 aromatic heterocycles. The highest BCUT2D eigenvalue weighted by atomic mass is 32.1. The summed E-state index contributed by atoms with van der Waals surface area (Å²) in [5.74, 6) is 0.715. The van der Waals surface area contributed by atoms with Crippen molar-refractivity contribution in [3.8, 4) is 0 Å². The van der Waals surface area contributed by atoms with E-state index >= 15 is 0 Å². The average Bonchev–Trinajstić information content (AvgIpc) is 2.56. The zero-order chi connectivity index (χ0) is 11.4. The molecular weight excluding hydrogens is 224 g/mol. The number of rotatable bonds is 2. The van der Waals surface area contributed by atoms with Gasteiger partial charge in [-0.05, 0) is 26.3 Å². The van der Waals surface area contributed by atoms with Gasteiger partial charge in [-0.2, -0.15) is 4.37 Å². The molecule has 2 rings (SSSR count). The molecule has 2 heterocycles. The van der Waals surface area contributed by atoms with Gasteiger partial charge >= 0.3 is 0 Å². The van der Waals surface area contributed by atoms with E-state index in [0.717, 1.165) is 25.8 Å². The maximum Gasteiger partial charge on any atom is 0.243 e. The van der Waals surface area contributed by atoms with Gasteiger partial charge in [0.05, 0.1) is 6.04 Å². The van der Waals surface area contributed by atoms with E-state index < -0.39 is 0 Å². The minimum Gasteiger partial charge on any atom is -0.306 e. The first-order valence-electron chi connectivity index (χ1n) is 5.60. The smallest absolute Gasteiger partial charge is 0.243 e. The number of anilines is 1. The van der Waals surface area contributed by atoms with E-state index in [1.54, 1.807) is 0 Å². The second kappa shape index (κ2) is 5.36. The fourth-order valence-electron chi connectivity index (χ4n) is 1.79. The van der Waals surface area contributed by atoms with Crippen LogP contribution in [0.3, 0.4) is 0 Å². The lowest BCUT2D eigenvalue weighted by Crippen LogP contribution is -2.39. The van der Waals surface area contributed by atoms with E-state index in [1.807, 2.05) is 6.92 Å². The van der Waals surface area contributed by atoms with E-state index in [1.165, 1.54) is 18.0 Å². The minimum absolute atomic E-state index is 0.0121. The number of hydrogen-bond donors (Lipinski definition) is 2. The van der Waals surface area contributed by atoms with E-state index in [0.29, 0.717) is 11.0 Å². The quantitative estimate of drug-likeness (QED) is 0.818. The van der Waals surface area contributed by atoms with Gasteiger partial charge in [0.1, 0.15) is 5.82 Å². The molecule has 1 atom stereocenters. The van der Waals surface area contributed by atoms with Crippen LogP contribution in [-0.2, 0) is 4.79 Å². The molecular formula is C10H16N4OS. The lowest BCUT2D eigenvalue weighted by molar-refractivity contribution is -0.118. The monoisotopic (exact) mass is 240 g/mol. The van der Waals surface area contributed by atoms with E-state index in [2.05, 4.69) is 20.0 Å². The van der Waals surface area contributed by atoms with Crippen LogP contribution in [0.15, 0.2) is 0 Å². The fourth-order valence-corrected chi connectivity index (χ4v) is 2.37. The highest BCUT2D eigenvalue weighted by Crippen LogP contribution is 2.13. The molecule has 1 unspecified atom stereocenters. The molecule has 2 N–H and O–H groups in total. The highest BCUT2D eigenvalue weighted by Gasteiger charge is 2.20. The Morgan fingerprint density at radius 2 is 2.38 bits per heavy atom. The molecule has 0 spiro atoms. The van der Waals surface area contributed by atoms with Crippen molar-refractivity contribution in [1.29, 1.82) is 0 Å². The van der Waals surface area contributed by atoms with Gasteiger partial charge in [0.15, 0.2) is 0 Å². The normalized spacial score (nSPS) is 21.4. The summed E-state index contributed by atoms with van der Waals surface area (Å²) in [4.78, 5) is 16.0. The second-order valence-electron chi connectivity index (χ2n) is 3.99. The summed E-state index contributed by atoms with van der Waals surface area (Å²) in [6.45, 7) is 2.74. The summed E-state index contributed by atoms with van der Waals surface area (Å²) >= 11 is 1.23. The number of carbonyl (C=O) groups excluding carboxylic acids is 1. The van der Waals surface area contributed by atoms with Gasteiger partial charge in [-0.3, -0.25) is 10.1 Å². The van der Waals surface area contributed by atoms with E-state index in [-0.39, 0.29) is 11.9 Å². The van der Waals surface area contributed by atoms with Crippen LogP contribution in [0.25, 0.3) is 0 Å². The van der Waals surface area contributed by atoms with Crippen molar-refractivity contribution >= 4 is 22.6 Å². The Morgan fingerprint density at radius 3 is 3.12 bits per heavy atom. The molecule has 5 nitrogen and oxygen atoms in total. The summed E-state index contributed by atoms with van der Waals surface area (Å²) in [7, 11) is 0. The molecule has 0 saturated carbocycles. The molecule has 1 aliphatic rings. The fraction of sp³-hybridized carbons (Fsp3) is 0.700. The van der Waals surface area contributed by atoms with Crippen LogP contribution in [0.1, 0.15) is 31.5 Å². The SMILES string of the molecule is Cc1nsc(NC(=O)C2CCCCCN2)n1. The topological polar surface area (TPSA) is 66.9 Å². The van der Waals surface area contributed by atoms with Crippen LogP contribution < -0.4 is 10.6 Å². The van der Waals surface area contributed by atoms with Gasteiger partial charge in [-0.25, -0.2) is 4.98 Å². The molecule has 0 aliphatic carbocycles. The summed E-state index contributed by atoms with van der Waals surface area (Å²) in [6, 6.07) is -0.0771. The summed E-state index contributed by atoms with van der Waals surface area (Å²) in [5.41, 5.74) is 0. The lowest BCUT2D eigenvalue weighted by atomic mass is 10.1. The number of hydrogen-bond acceptors (Lipinski definition) is 5. The van der Waals surface area contributed by atoms with Crippen LogP contribution in [0.4, 0.5) is 5.13 Å². The third-order valence-corrected chi connectivity index (χ3v) is 3.36. The Balaban J connectivity index is 1.91. The molecule has 0 bridgehead atoms. The molecule has 1 fully saturated rings. The lowest BCUT2D eigenvalue weighted by Gasteiger charge is -2.13. The Kier molecular flexibility index (Phi) is 3.84. The van der Waals surface area contributed by atoms with Crippen LogP contribution in [0.5, 0.6) is 0 Å². The zero-order valence-electron chi connectivity index (χ0n) is 9.32. The van der Waals surface area contributed by atoms with Gasteiger partial charge in [-0.15, -0.1) is 0 Å². The standard InChI is InChI=1S/C10H16N4OS/c1-7-12-10(16-14-7)13-9(15)8-5-3-2-4-6-11-8/h8,11H,2-6H2,1H3,(H,12,13,14,15). The Labute approximate surface area is 98.8 Å². The molecule has 6 heteroatoms. The number of nitrogens with one attached hydrogen (secondary N) is 2. The van der Waals surface area contributed by atoms with Crippen molar-refractivity contribution in [3.63, 3.8) is 0 Å². The summed E-state index contributed by atoms with van der Waals surface area (Å²) in [6.07, 6.45) is 4.38. The third kappa shape index (κ3) is 2.99. The van der Waals surface area contributed by atoms with Gasteiger partial charge in [0.25, 0.3) is 0 Å². The van der Waals surface area contributed by atoms with Gasteiger partial charge < -0.3 is 5.32 Å². The van der Waals surface area contributed by atoms with Gasteiger partial charge in [0, 0.05) is 11.5 Å². The number of nitrogens with zero attached hydrogens (tertiary/aromatic N) is 2. The summed E-state index contributed by atoms with van der Waals surface area (Å²) in [5, 5.41) is 6.65. The van der Waals surface area contributed by atoms with Gasteiger partial charge in [-0.1, -0.05) is 12.8 Å². The third-order valence-electron chi connectivity index (χ3n) is 2.63. The highest BCUT2D eigenvalue weighted by molar-refractivity contribution is 7.09. The first-order valence-corrected chi connectivity index (χ1v) is 6.37. The molecule has 1 aromatic rings. The second-order valence-corrected chi connectivity index (χ2v) is 4.74. The molecule has 1 amide bonds. The number of carbonyl (C=O) groups is 1. The maximum absolute atomic E-state index is 11.9. The molecule has 1 saturated heterocycles. The Bertz CT molecular complexity index is 357. The average molecular weight is 240 g/mol.